The van der Waals surface area contributed by atoms with E-state index in [-0.39, 0.29) is 11.2 Å². The molecule has 0 atom stereocenters. The fourth-order valence-corrected chi connectivity index (χ4v) is 7.04. The second-order valence-corrected chi connectivity index (χ2v) is 10.0. The van der Waals surface area contributed by atoms with Gasteiger partial charge in [0.25, 0.3) is 0 Å². The Hall–Kier alpha value is -2.75. The lowest BCUT2D eigenvalue weighted by atomic mass is 9.48. The van der Waals surface area contributed by atoms with Gasteiger partial charge in [0.1, 0.15) is 11.5 Å². The minimum absolute atomic E-state index is 0.180. The molecule has 0 aliphatic heterocycles. The van der Waals surface area contributed by atoms with Gasteiger partial charge in [-0.2, -0.15) is 0 Å². The lowest BCUT2D eigenvalue weighted by Gasteiger charge is -2.57. The third-order valence-electron chi connectivity index (χ3n) is 7.89. The van der Waals surface area contributed by atoms with E-state index in [9.17, 15) is 9.90 Å². The molecule has 0 saturated heterocycles. The normalized spacial score (nSPS) is 28.9. The summed E-state index contributed by atoms with van der Waals surface area (Å²) in [5, 5.41) is 19.6. The van der Waals surface area contributed by atoms with Gasteiger partial charge in [-0.25, -0.2) is 4.79 Å². The third-order valence-corrected chi connectivity index (χ3v) is 7.89. The van der Waals surface area contributed by atoms with Crippen LogP contribution in [0.3, 0.4) is 0 Å². The fraction of sp³-hybridized carbons (Fsp3) is 0.444. The molecule has 2 N–H and O–H groups in total. The summed E-state index contributed by atoms with van der Waals surface area (Å²) in [6.07, 6.45) is 10.6. The van der Waals surface area contributed by atoms with Gasteiger partial charge in [0.2, 0.25) is 0 Å². The predicted octanol–water partition coefficient (Wildman–Crippen LogP) is 5.94. The molecule has 2 aromatic carbocycles. The molecule has 0 radical (unpaired) electrons. The molecule has 4 fully saturated rings. The van der Waals surface area contributed by atoms with Crippen LogP contribution in [0.4, 0.5) is 0 Å². The number of phenolic OH excluding ortho intramolecular Hbond substituents is 1. The van der Waals surface area contributed by atoms with Crippen molar-refractivity contribution in [3.8, 4) is 22.6 Å². The molecule has 0 unspecified atom stereocenters. The van der Waals surface area contributed by atoms with Crippen LogP contribution in [0.15, 0.2) is 36.4 Å². The number of hydrogen-bond acceptors (Lipinski definition) is 3. The standard InChI is InChI=1S/C27H30O4/c1-16-7-25(31-2)23(27-13-18-8-19(14-27)10-20(9-18)15-27)12-21(16)22-11-17(3-5-24(22)28)4-6-26(29)30/h3-7,11-12,18-20,28H,8-10,13-15H2,1-2H3,(H,29,30)/b6-4+. The number of ether oxygens (including phenoxy) is 1. The molecule has 4 aliphatic rings. The van der Waals surface area contributed by atoms with Crippen LogP contribution >= 0.6 is 0 Å². The summed E-state index contributed by atoms with van der Waals surface area (Å²) >= 11 is 0. The summed E-state index contributed by atoms with van der Waals surface area (Å²) < 4.78 is 5.89. The van der Waals surface area contributed by atoms with Crippen molar-refractivity contribution in [3.63, 3.8) is 0 Å². The molecule has 0 heterocycles. The Kier molecular flexibility index (Phi) is 4.84. The summed E-state index contributed by atoms with van der Waals surface area (Å²) in [6.45, 7) is 2.04. The molecule has 162 valence electrons. The quantitative estimate of drug-likeness (QED) is 0.590. The molecule has 0 spiro atoms. The van der Waals surface area contributed by atoms with E-state index >= 15 is 0 Å². The first-order valence-electron chi connectivity index (χ1n) is 11.3. The van der Waals surface area contributed by atoms with Crippen LogP contribution in [-0.4, -0.2) is 23.3 Å². The zero-order valence-electron chi connectivity index (χ0n) is 18.2. The zero-order chi connectivity index (χ0) is 21.8. The summed E-state index contributed by atoms with van der Waals surface area (Å²) in [5.74, 6) is 2.68. The van der Waals surface area contributed by atoms with E-state index in [0.717, 1.165) is 51.8 Å². The van der Waals surface area contributed by atoms with Gasteiger partial charge in [-0.05, 0) is 116 Å². The number of benzene rings is 2. The average Bonchev–Trinajstić information content (AvgIpc) is 2.72. The largest absolute Gasteiger partial charge is 0.507 e. The third kappa shape index (κ3) is 3.52. The van der Waals surface area contributed by atoms with Gasteiger partial charge in [-0.1, -0.05) is 6.07 Å². The first-order chi connectivity index (χ1) is 14.9. The summed E-state index contributed by atoms with van der Waals surface area (Å²) in [5.41, 5.74) is 4.99. The van der Waals surface area contributed by atoms with Crippen molar-refractivity contribution >= 4 is 12.0 Å². The Morgan fingerprint density at radius 2 is 1.68 bits per heavy atom. The van der Waals surface area contributed by atoms with Crippen LogP contribution in [0.1, 0.15) is 55.2 Å². The number of carbonyl (C=O) groups is 1. The zero-order valence-corrected chi connectivity index (χ0v) is 18.2. The number of aryl methyl sites for hydroxylation is 1. The van der Waals surface area contributed by atoms with E-state index in [1.807, 2.05) is 13.0 Å². The molecule has 31 heavy (non-hydrogen) atoms. The molecule has 0 amide bonds. The van der Waals surface area contributed by atoms with Gasteiger partial charge in [-0.3, -0.25) is 0 Å². The van der Waals surface area contributed by atoms with Crippen molar-refractivity contribution in [2.24, 2.45) is 17.8 Å². The number of carboxylic acid groups (broad SMARTS) is 1. The summed E-state index contributed by atoms with van der Waals surface area (Å²) in [7, 11) is 1.76. The highest BCUT2D eigenvalue weighted by molar-refractivity contribution is 5.86. The maximum atomic E-state index is 10.9. The lowest BCUT2D eigenvalue weighted by molar-refractivity contribution is -0.131. The van der Waals surface area contributed by atoms with Crippen LogP contribution < -0.4 is 4.74 Å². The monoisotopic (exact) mass is 418 g/mol. The van der Waals surface area contributed by atoms with E-state index in [1.54, 1.807) is 25.3 Å². The molecular formula is C27H30O4. The van der Waals surface area contributed by atoms with E-state index in [1.165, 1.54) is 44.1 Å². The number of methoxy groups -OCH3 is 1. The molecule has 4 saturated carbocycles. The molecule has 6 rings (SSSR count). The van der Waals surface area contributed by atoms with Crippen LogP contribution in [0.5, 0.6) is 11.5 Å². The van der Waals surface area contributed by atoms with Crippen LogP contribution in [0, 0.1) is 24.7 Å². The van der Waals surface area contributed by atoms with Crippen molar-refractivity contribution in [2.45, 2.75) is 50.9 Å². The van der Waals surface area contributed by atoms with E-state index in [4.69, 9.17) is 9.84 Å². The fourth-order valence-electron chi connectivity index (χ4n) is 7.04. The highest BCUT2D eigenvalue weighted by Crippen LogP contribution is 2.62. The Morgan fingerprint density at radius 1 is 1.03 bits per heavy atom. The van der Waals surface area contributed by atoms with Gasteiger partial charge in [-0.15, -0.1) is 0 Å². The second-order valence-electron chi connectivity index (χ2n) is 10.0. The molecule has 4 aliphatic carbocycles. The van der Waals surface area contributed by atoms with Crippen LogP contribution in [0.2, 0.25) is 0 Å². The SMILES string of the molecule is COc1cc(C)c(-c2cc(/C=C/C(=O)O)ccc2O)cc1C12CC3CC(CC(C3)C1)C2. The first-order valence-corrected chi connectivity index (χ1v) is 11.3. The van der Waals surface area contributed by atoms with Crippen molar-refractivity contribution < 1.29 is 19.7 Å². The number of phenols is 1. The van der Waals surface area contributed by atoms with Gasteiger partial charge >= 0.3 is 5.97 Å². The van der Waals surface area contributed by atoms with Crippen LogP contribution in [0.25, 0.3) is 17.2 Å². The van der Waals surface area contributed by atoms with Crippen molar-refractivity contribution in [2.75, 3.05) is 7.11 Å². The molecular weight excluding hydrogens is 388 g/mol. The lowest BCUT2D eigenvalue weighted by Crippen LogP contribution is -2.48. The van der Waals surface area contributed by atoms with E-state index < -0.39 is 5.97 Å². The molecule has 4 nitrogen and oxygen atoms in total. The van der Waals surface area contributed by atoms with Gasteiger partial charge in [0.05, 0.1) is 7.11 Å². The Labute approximate surface area is 183 Å². The number of aromatic hydroxyl groups is 1. The minimum Gasteiger partial charge on any atom is -0.507 e. The molecule has 4 heteroatoms. The molecule has 2 aromatic rings. The van der Waals surface area contributed by atoms with Gasteiger partial charge < -0.3 is 14.9 Å². The number of hydrogen-bond donors (Lipinski definition) is 2. The second kappa shape index (κ2) is 7.44. The predicted molar refractivity (Wildman–Crippen MR) is 121 cm³/mol. The highest BCUT2D eigenvalue weighted by Gasteiger charge is 2.52. The molecule has 4 bridgehead atoms. The van der Waals surface area contributed by atoms with Gasteiger partial charge in [0, 0.05) is 17.2 Å². The summed E-state index contributed by atoms with van der Waals surface area (Å²) in [6, 6.07) is 9.61. The smallest absolute Gasteiger partial charge is 0.328 e. The number of rotatable bonds is 5. The Morgan fingerprint density at radius 3 is 2.26 bits per heavy atom. The van der Waals surface area contributed by atoms with Crippen molar-refractivity contribution in [1.29, 1.82) is 0 Å². The minimum atomic E-state index is -0.987. The van der Waals surface area contributed by atoms with E-state index in [0.29, 0.717) is 0 Å². The summed E-state index contributed by atoms with van der Waals surface area (Å²) in [4.78, 5) is 10.9. The maximum Gasteiger partial charge on any atom is 0.328 e. The number of carboxylic acids is 1. The average molecular weight is 419 g/mol. The van der Waals surface area contributed by atoms with Crippen molar-refractivity contribution in [1.82, 2.24) is 0 Å². The topological polar surface area (TPSA) is 66.8 Å². The Balaban J connectivity index is 1.62. The Bertz CT molecular complexity index is 1030. The maximum absolute atomic E-state index is 10.9. The van der Waals surface area contributed by atoms with E-state index in [2.05, 4.69) is 12.1 Å². The first kappa shape index (κ1) is 20.2. The van der Waals surface area contributed by atoms with Crippen molar-refractivity contribution in [3.05, 3.63) is 53.1 Å². The van der Waals surface area contributed by atoms with Crippen LogP contribution in [-0.2, 0) is 10.2 Å². The number of aliphatic carboxylic acids is 1. The molecule has 0 aromatic heterocycles. The van der Waals surface area contributed by atoms with Gasteiger partial charge in [0.15, 0.2) is 0 Å². The highest BCUT2D eigenvalue weighted by atomic mass is 16.5.